The van der Waals surface area contributed by atoms with Crippen molar-refractivity contribution < 1.29 is 0 Å². The van der Waals surface area contributed by atoms with Gasteiger partial charge < -0.3 is 10.6 Å². The average Bonchev–Trinajstić information content (AvgIpc) is 2.40. The number of nitrogens with one attached hydrogen (secondary N) is 2. The molecule has 1 fully saturated rings. The predicted octanol–water partition coefficient (Wildman–Crippen LogP) is 3.20. The molecule has 1 heterocycles. The molecule has 0 saturated heterocycles. The van der Waals surface area contributed by atoms with Crippen molar-refractivity contribution in [1.29, 1.82) is 0 Å². The van der Waals surface area contributed by atoms with E-state index in [9.17, 15) is 0 Å². The number of aromatic nitrogens is 3. The molecule has 0 spiro atoms. The molecule has 1 aromatic heterocycles. The topological polar surface area (TPSA) is 62.7 Å². The highest BCUT2D eigenvalue weighted by molar-refractivity contribution is 6.28. The molecule has 0 aromatic carbocycles. The van der Waals surface area contributed by atoms with E-state index in [0.29, 0.717) is 11.9 Å². The van der Waals surface area contributed by atoms with Gasteiger partial charge in [-0.05, 0) is 29.9 Å². The zero-order valence-corrected chi connectivity index (χ0v) is 12.4. The lowest BCUT2D eigenvalue weighted by Crippen LogP contribution is -2.16. The molecule has 1 aliphatic rings. The second kappa shape index (κ2) is 6.89. The quantitative estimate of drug-likeness (QED) is 0.869. The van der Waals surface area contributed by atoms with Gasteiger partial charge in [0.15, 0.2) is 0 Å². The van der Waals surface area contributed by atoms with Crippen LogP contribution in [0.2, 0.25) is 5.28 Å². The van der Waals surface area contributed by atoms with Crippen molar-refractivity contribution in [3.05, 3.63) is 5.28 Å². The van der Waals surface area contributed by atoms with Crippen molar-refractivity contribution in [3.8, 4) is 0 Å². The molecule has 0 radical (unpaired) electrons. The Kier molecular flexibility index (Phi) is 5.19. The maximum atomic E-state index is 5.83. The molecule has 19 heavy (non-hydrogen) atoms. The Bertz CT molecular complexity index is 404. The van der Waals surface area contributed by atoms with E-state index in [4.69, 9.17) is 11.6 Å². The maximum Gasteiger partial charge on any atom is 0.228 e. The lowest BCUT2D eigenvalue weighted by atomic mass is 9.81. The Morgan fingerprint density at radius 2 is 1.79 bits per heavy atom. The minimum absolute atomic E-state index is 0.216. The van der Waals surface area contributed by atoms with Crippen LogP contribution >= 0.6 is 11.6 Å². The summed E-state index contributed by atoms with van der Waals surface area (Å²) in [5, 5.41) is 6.31. The molecular weight excluding hydrogens is 262 g/mol. The Morgan fingerprint density at radius 3 is 2.47 bits per heavy atom. The number of rotatable bonds is 5. The number of anilines is 2. The van der Waals surface area contributed by atoms with Crippen LogP contribution in [0.3, 0.4) is 0 Å². The van der Waals surface area contributed by atoms with Crippen LogP contribution in [0.25, 0.3) is 0 Å². The molecule has 106 valence electrons. The van der Waals surface area contributed by atoms with Crippen LogP contribution < -0.4 is 10.6 Å². The Labute approximate surface area is 119 Å². The lowest BCUT2D eigenvalue weighted by molar-refractivity contribution is 0.282. The van der Waals surface area contributed by atoms with E-state index < -0.39 is 0 Å². The first-order chi connectivity index (χ1) is 9.17. The van der Waals surface area contributed by atoms with Gasteiger partial charge in [0.1, 0.15) is 0 Å². The van der Waals surface area contributed by atoms with Crippen molar-refractivity contribution >= 4 is 23.5 Å². The number of hydrogen-bond acceptors (Lipinski definition) is 5. The molecule has 0 atom stereocenters. The first kappa shape index (κ1) is 14.3. The molecule has 1 saturated carbocycles. The molecule has 0 unspecified atom stereocenters. The van der Waals surface area contributed by atoms with Gasteiger partial charge >= 0.3 is 0 Å². The summed E-state index contributed by atoms with van der Waals surface area (Å²) in [5.41, 5.74) is 0. The molecule has 6 heteroatoms. The highest BCUT2D eigenvalue weighted by atomic mass is 35.5. The summed E-state index contributed by atoms with van der Waals surface area (Å²) in [6.07, 6.45) is 6.61. The molecule has 2 rings (SSSR count). The van der Waals surface area contributed by atoms with Gasteiger partial charge in [-0.1, -0.05) is 32.6 Å². The first-order valence-electron chi connectivity index (χ1n) is 7.00. The van der Waals surface area contributed by atoms with Crippen molar-refractivity contribution in [2.45, 2.75) is 39.0 Å². The van der Waals surface area contributed by atoms with Gasteiger partial charge in [-0.15, -0.1) is 0 Å². The lowest BCUT2D eigenvalue weighted by Gasteiger charge is -2.26. The van der Waals surface area contributed by atoms with E-state index in [0.717, 1.165) is 18.4 Å². The zero-order valence-electron chi connectivity index (χ0n) is 11.6. The fourth-order valence-corrected chi connectivity index (χ4v) is 2.71. The van der Waals surface area contributed by atoms with Crippen LogP contribution in [-0.2, 0) is 0 Å². The van der Waals surface area contributed by atoms with Crippen molar-refractivity contribution in [3.63, 3.8) is 0 Å². The standard InChI is InChI=1S/C13H22ClN5/c1-9-3-5-10(6-4-9)7-8-16-13-18-11(14)17-12(15-2)19-13/h9-10H,3-8H2,1-2H3,(H2,15,16,17,18,19). The Balaban J connectivity index is 1.77. The van der Waals surface area contributed by atoms with Gasteiger partial charge in [-0.2, -0.15) is 15.0 Å². The molecular formula is C13H22ClN5. The second-order valence-corrected chi connectivity index (χ2v) is 5.68. The van der Waals surface area contributed by atoms with Crippen molar-refractivity contribution in [1.82, 2.24) is 15.0 Å². The van der Waals surface area contributed by atoms with E-state index in [-0.39, 0.29) is 5.28 Å². The molecule has 5 nitrogen and oxygen atoms in total. The smallest absolute Gasteiger partial charge is 0.228 e. The molecule has 0 amide bonds. The third-order valence-corrected chi connectivity index (χ3v) is 3.97. The summed E-state index contributed by atoms with van der Waals surface area (Å²) in [4.78, 5) is 12.2. The van der Waals surface area contributed by atoms with Crippen molar-refractivity contribution in [2.75, 3.05) is 24.2 Å². The van der Waals surface area contributed by atoms with E-state index in [2.05, 4.69) is 32.5 Å². The summed E-state index contributed by atoms with van der Waals surface area (Å²) in [5.74, 6) is 2.79. The number of halogens is 1. The van der Waals surface area contributed by atoms with Crippen LogP contribution in [0.4, 0.5) is 11.9 Å². The van der Waals surface area contributed by atoms with E-state index in [1.165, 1.54) is 32.1 Å². The highest BCUT2D eigenvalue weighted by Gasteiger charge is 2.17. The fourth-order valence-electron chi connectivity index (χ4n) is 2.55. The summed E-state index contributed by atoms with van der Waals surface area (Å²) >= 11 is 5.83. The van der Waals surface area contributed by atoms with E-state index in [1.807, 2.05) is 0 Å². The normalized spacial score (nSPS) is 23.1. The van der Waals surface area contributed by atoms with Gasteiger partial charge in [0, 0.05) is 13.6 Å². The predicted molar refractivity (Wildman–Crippen MR) is 78.6 cm³/mol. The van der Waals surface area contributed by atoms with Gasteiger partial charge in [-0.25, -0.2) is 0 Å². The van der Waals surface area contributed by atoms with Gasteiger partial charge in [-0.3, -0.25) is 0 Å². The number of nitrogens with zero attached hydrogens (tertiary/aromatic N) is 3. The third-order valence-electron chi connectivity index (χ3n) is 3.80. The van der Waals surface area contributed by atoms with Crippen LogP contribution in [0, 0.1) is 11.8 Å². The molecule has 2 N–H and O–H groups in total. The van der Waals surface area contributed by atoms with Crippen LogP contribution in [0.15, 0.2) is 0 Å². The first-order valence-corrected chi connectivity index (χ1v) is 7.38. The summed E-state index contributed by atoms with van der Waals surface area (Å²) in [6, 6.07) is 0. The monoisotopic (exact) mass is 283 g/mol. The molecule has 1 aliphatic carbocycles. The van der Waals surface area contributed by atoms with Gasteiger partial charge in [0.2, 0.25) is 17.2 Å². The van der Waals surface area contributed by atoms with Gasteiger partial charge in [0.25, 0.3) is 0 Å². The average molecular weight is 284 g/mol. The van der Waals surface area contributed by atoms with Gasteiger partial charge in [0.05, 0.1) is 0 Å². The second-order valence-electron chi connectivity index (χ2n) is 5.34. The SMILES string of the molecule is CNc1nc(Cl)nc(NCCC2CCC(C)CC2)n1. The summed E-state index contributed by atoms with van der Waals surface area (Å²) in [6.45, 7) is 3.24. The minimum Gasteiger partial charge on any atom is -0.357 e. The Morgan fingerprint density at radius 1 is 1.11 bits per heavy atom. The third kappa shape index (κ3) is 4.49. The molecule has 0 aliphatic heterocycles. The van der Waals surface area contributed by atoms with Crippen molar-refractivity contribution in [2.24, 2.45) is 11.8 Å². The fraction of sp³-hybridized carbons (Fsp3) is 0.769. The Hall–Kier alpha value is -1.10. The van der Waals surface area contributed by atoms with E-state index in [1.54, 1.807) is 7.05 Å². The highest BCUT2D eigenvalue weighted by Crippen LogP contribution is 2.30. The minimum atomic E-state index is 0.216. The van der Waals surface area contributed by atoms with Crippen LogP contribution in [-0.4, -0.2) is 28.5 Å². The summed E-state index contributed by atoms with van der Waals surface area (Å²) < 4.78 is 0. The van der Waals surface area contributed by atoms with E-state index >= 15 is 0 Å². The van der Waals surface area contributed by atoms with Crippen LogP contribution in [0.5, 0.6) is 0 Å². The molecule has 0 bridgehead atoms. The van der Waals surface area contributed by atoms with Crippen LogP contribution in [0.1, 0.15) is 39.0 Å². The number of hydrogen-bond donors (Lipinski definition) is 2. The largest absolute Gasteiger partial charge is 0.357 e. The zero-order chi connectivity index (χ0) is 13.7. The molecule has 1 aromatic rings. The maximum absolute atomic E-state index is 5.83. The summed E-state index contributed by atoms with van der Waals surface area (Å²) in [7, 11) is 1.76.